The lowest BCUT2D eigenvalue weighted by molar-refractivity contribution is 1.04. The molecule has 1 aromatic heterocycles. The molecule has 1 aromatic carbocycles. The van der Waals surface area contributed by atoms with Crippen molar-refractivity contribution in [1.29, 1.82) is 0 Å². The number of nitrogens with zero attached hydrogens (tertiary/aromatic N) is 2. The Morgan fingerprint density at radius 1 is 1.31 bits per heavy atom. The number of hydrogen-bond donors (Lipinski definition) is 1. The number of hydrogen-bond acceptors (Lipinski definition) is 2. The number of nitrogens with one attached hydrogen (secondary N) is 1. The first-order chi connectivity index (χ1) is 6.27. The van der Waals surface area contributed by atoms with E-state index in [1.807, 2.05) is 31.2 Å². The second-order valence-corrected chi connectivity index (χ2v) is 3.13. The van der Waals surface area contributed by atoms with E-state index in [2.05, 4.69) is 15.2 Å². The van der Waals surface area contributed by atoms with Crippen LogP contribution in [-0.4, -0.2) is 15.2 Å². The highest BCUT2D eigenvalue weighted by molar-refractivity contribution is 6.33. The number of aromatic nitrogens is 3. The average molecular weight is 194 g/mol. The van der Waals surface area contributed by atoms with E-state index in [1.54, 1.807) is 0 Å². The Morgan fingerprint density at radius 2 is 2.08 bits per heavy atom. The van der Waals surface area contributed by atoms with E-state index in [0.29, 0.717) is 10.8 Å². The van der Waals surface area contributed by atoms with Crippen LogP contribution >= 0.6 is 11.6 Å². The van der Waals surface area contributed by atoms with Crippen LogP contribution in [0.3, 0.4) is 0 Å². The van der Waals surface area contributed by atoms with Gasteiger partial charge in [-0.1, -0.05) is 23.7 Å². The van der Waals surface area contributed by atoms with Crippen LogP contribution in [-0.2, 0) is 0 Å². The summed E-state index contributed by atoms with van der Waals surface area (Å²) in [4.78, 5) is 4.19. The van der Waals surface area contributed by atoms with Gasteiger partial charge < -0.3 is 0 Å². The van der Waals surface area contributed by atoms with E-state index >= 15 is 0 Å². The van der Waals surface area contributed by atoms with Gasteiger partial charge in [0.2, 0.25) is 0 Å². The molecule has 0 amide bonds. The molecular weight excluding hydrogens is 186 g/mol. The first-order valence-electron chi connectivity index (χ1n) is 3.91. The molecule has 0 spiro atoms. The molecule has 0 fully saturated rings. The Hall–Kier alpha value is -1.35. The van der Waals surface area contributed by atoms with Crippen molar-refractivity contribution in [2.75, 3.05) is 0 Å². The van der Waals surface area contributed by atoms with Gasteiger partial charge in [-0.2, -0.15) is 5.10 Å². The standard InChI is InChI=1S/C9H8ClN3/c1-6-11-9(13-12-6)7-4-2-3-5-8(7)10/h2-5H,1H3,(H,11,12,13). The van der Waals surface area contributed by atoms with Crippen molar-refractivity contribution < 1.29 is 0 Å². The smallest absolute Gasteiger partial charge is 0.182 e. The molecule has 0 aliphatic carbocycles. The van der Waals surface area contributed by atoms with Crippen LogP contribution in [0.15, 0.2) is 24.3 Å². The molecule has 0 atom stereocenters. The van der Waals surface area contributed by atoms with Crippen molar-refractivity contribution in [2.24, 2.45) is 0 Å². The van der Waals surface area contributed by atoms with Gasteiger partial charge in [-0.15, -0.1) is 0 Å². The third-order valence-electron chi connectivity index (χ3n) is 1.71. The van der Waals surface area contributed by atoms with Gasteiger partial charge >= 0.3 is 0 Å². The zero-order chi connectivity index (χ0) is 9.26. The molecule has 2 aromatic rings. The van der Waals surface area contributed by atoms with Crippen molar-refractivity contribution in [3.05, 3.63) is 35.1 Å². The first-order valence-corrected chi connectivity index (χ1v) is 4.29. The SMILES string of the molecule is Cc1nc(-c2ccccc2Cl)n[nH]1. The lowest BCUT2D eigenvalue weighted by atomic mass is 10.2. The third kappa shape index (κ3) is 1.55. The summed E-state index contributed by atoms with van der Waals surface area (Å²) in [5.74, 6) is 1.43. The lowest BCUT2D eigenvalue weighted by Crippen LogP contribution is -1.81. The molecule has 0 aliphatic heterocycles. The molecule has 66 valence electrons. The summed E-state index contributed by atoms with van der Waals surface area (Å²) in [7, 11) is 0. The summed E-state index contributed by atoms with van der Waals surface area (Å²) < 4.78 is 0. The maximum Gasteiger partial charge on any atom is 0.182 e. The van der Waals surface area contributed by atoms with Crippen LogP contribution in [0, 0.1) is 6.92 Å². The normalized spacial score (nSPS) is 10.3. The Morgan fingerprint density at radius 3 is 2.69 bits per heavy atom. The minimum atomic E-state index is 0.642. The maximum absolute atomic E-state index is 5.97. The predicted molar refractivity (Wildman–Crippen MR) is 51.6 cm³/mol. The average Bonchev–Trinajstić information content (AvgIpc) is 2.53. The molecular formula is C9H8ClN3. The van der Waals surface area contributed by atoms with Crippen LogP contribution in [0.4, 0.5) is 0 Å². The second kappa shape index (κ2) is 3.18. The van der Waals surface area contributed by atoms with Crippen molar-refractivity contribution in [3.8, 4) is 11.4 Å². The molecule has 0 radical (unpaired) electrons. The molecule has 1 heterocycles. The summed E-state index contributed by atoms with van der Waals surface area (Å²) in [6.07, 6.45) is 0. The fourth-order valence-corrected chi connectivity index (χ4v) is 1.33. The summed E-state index contributed by atoms with van der Waals surface area (Å²) in [5, 5.41) is 7.47. The van der Waals surface area contributed by atoms with Crippen LogP contribution in [0.5, 0.6) is 0 Å². The van der Waals surface area contributed by atoms with Gasteiger partial charge in [-0.3, -0.25) is 5.10 Å². The van der Waals surface area contributed by atoms with Gasteiger partial charge in [0.15, 0.2) is 5.82 Å². The molecule has 0 bridgehead atoms. The van der Waals surface area contributed by atoms with E-state index in [0.717, 1.165) is 11.4 Å². The lowest BCUT2D eigenvalue weighted by Gasteiger charge is -1.96. The topological polar surface area (TPSA) is 41.6 Å². The number of aromatic amines is 1. The van der Waals surface area contributed by atoms with Gasteiger partial charge in [0.1, 0.15) is 5.82 Å². The number of rotatable bonds is 1. The fraction of sp³-hybridized carbons (Fsp3) is 0.111. The minimum absolute atomic E-state index is 0.642. The van der Waals surface area contributed by atoms with Crippen molar-refractivity contribution >= 4 is 11.6 Å². The van der Waals surface area contributed by atoms with Crippen LogP contribution in [0.25, 0.3) is 11.4 Å². The first kappa shape index (κ1) is 8.26. The van der Waals surface area contributed by atoms with Crippen molar-refractivity contribution in [1.82, 2.24) is 15.2 Å². The minimum Gasteiger partial charge on any atom is -0.263 e. The number of H-pyrrole nitrogens is 1. The number of aryl methyl sites for hydroxylation is 1. The Labute approximate surface area is 80.8 Å². The molecule has 3 nitrogen and oxygen atoms in total. The van der Waals surface area contributed by atoms with E-state index in [9.17, 15) is 0 Å². The summed E-state index contributed by atoms with van der Waals surface area (Å²) in [6.45, 7) is 1.85. The largest absolute Gasteiger partial charge is 0.263 e. The van der Waals surface area contributed by atoms with Gasteiger partial charge in [0.25, 0.3) is 0 Å². The molecule has 0 unspecified atom stereocenters. The quantitative estimate of drug-likeness (QED) is 0.756. The molecule has 0 saturated carbocycles. The molecule has 0 saturated heterocycles. The highest BCUT2D eigenvalue weighted by Gasteiger charge is 2.06. The maximum atomic E-state index is 5.97. The van der Waals surface area contributed by atoms with E-state index in [-0.39, 0.29) is 0 Å². The summed E-state index contributed by atoms with van der Waals surface area (Å²) >= 11 is 5.97. The van der Waals surface area contributed by atoms with E-state index in [4.69, 9.17) is 11.6 Å². The molecule has 2 rings (SSSR count). The highest BCUT2D eigenvalue weighted by atomic mass is 35.5. The van der Waals surface area contributed by atoms with Crippen molar-refractivity contribution in [2.45, 2.75) is 6.92 Å². The van der Waals surface area contributed by atoms with Crippen LogP contribution in [0.1, 0.15) is 5.82 Å². The highest BCUT2D eigenvalue weighted by Crippen LogP contribution is 2.23. The molecule has 4 heteroatoms. The fourth-order valence-electron chi connectivity index (χ4n) is 1.11. The molecule has 1 N–H and O–H groups in total. The summed E-state index contributed by atoms with van der Waals surface area (Å²) in [5.41, 5.74) is 0.855. The summed E-state index contributed by atoms with van der Waals surface area (Å²) in [6, 6.07) is 7.51. The monoisotopic (exact) mass is 193 g/mol. The van der Waals surface area contributed by atoms with Gasteiger partial charge in [-0.25, -0.2) is 4.98 Å². The number of benzene rings is 1. The van der Waals surface area contributed by atoms with Crippen molar-refractivity contribution in [3.63, 3.8) is 0 Å². The van der Waals surface area contributed by atoms with Gasteiger partial charge in [0.05, 0.1) is 5.02 Å². The predicted octanol–water partition coefficient (Wildman–Crippen LogP) is 2.43. The second-order valence-electron chi connectivity index (χ2n) is 2.72. The Kier molecular flexibility index (Phi) is 2.02. The molecule has 13 heavy (non-hydrogen) atoms. The molecule has 0 aliphatic rings. The Bertz CT molecular complexity index is 422. The van der Waals surface area contributed by atoms with Crippen LogP contribution in [0.2, 0.25) is 5.02 Å². The van der Waals surface area contributed by atoms with Gasteiger partial charge in [-0.05, 0) is 19.1 Å². The Balaban J connectivity index is 2.52. The van der Waals surface area contributed by atoms with Crippen LogP contribution < -0.4 is 0 Å². The van der Waals surface area contributed by atoms with E-state index < -0.39 is 0 Å². The zero-order valence-electron chi connectivity index (χ0n) is 7.08. The third-order valence-corrected chi connectivity index (χ3v) is 2.04. The van der Waals surface area contributed by atoms with Gasteiger partial charge in [0, 0.05) is 5.56 Å². The van der Waals surface area contributed by atoms with E-state index in [1.165, 1.54) is 0 Å². The zero-order valence-corrected chi connectivity index (χ0v) is 7.84. The number of halogens is 1.